The first kappa shape index (κ1) is 23.7. The lowest BCUT2D eigenvalue weighted by atomic mass is 10.2. The minimum atomic E-state index is -0.932. The third-order valence-corrected chi connectivity index (χ3v) is 4.44. The summed E-state index contributed by atoms with van der Waals surface area (Å²) in [7, 11) is 0. The summed E-state index contributed by atoms with van der Waals surface area (Å²) in [6.07, 6.45) is 0.881. The molecule has 0 bridgehead atoms. The highest BCUT2D eigenvalue weighted by atomic mass is 35.5. The molecule has 34 heavy (non-hydrogen) atoms. The quantitative estimate of drug-likeness (QED) is 0.269. The van der Waals surface area contributed by atoms with Crippen LogP contribution in [0.25, 0.3) is 0 Å². The summed E-state index contributed by atoms with van der Waals surface area (Å²) in [5, 5.41) is 22.3. The lowest BCUT2D eigenvalue weighted by molar-refractivity contribution is -0.384. The number of hydrazine groups is 2. The predicted molar refractivity (Wildman–Crippen MR) is 115 cm³/mol. The van der Waals surface area contributed by atoms with E-state index in [1.165, 1.54) is 24.3 Å². The molecule has 0 saturated heterocycles. The molecular formula is C18H12ClFN8O6. The van der Waals surface area contributed by atoms with E-state index in [2.05, 4.69) is 31.7 Å². The number of halogens is 2. The largest absolute Gasteiger partial charge is 0.356 e. The van der Waals surface area contributed by atoms with Gasteiger partial charge in [-0.15, -0.1) is 0 Å². The zero-order valence-electron chi connectivity index (χ0n) is 16.6. The Morgan fingerprint density at radius 2 is 1.53 bits per heavy atom. The van der Waals surface area contributed by atoms with Gasteiger partial charge in [0.2, 0.25) is 11.6 Å². The fourth-order valence-corrected chi connectivity index (χ4v) is 2.73. The Morgan fingerprint density at radius 1 is 0.912 bits per heavy atom. The maximum absolute atomic E-state index is 13.7. The summed E-state index contributed by atoms with van der Waals surface area (Å²) >= 11 is 5.70. The van der Waals surface area contributed by atoms with Crippen molar-refractivity contribution in [2.75, 3.05) is 10.9 Å². The van der Waals surface area contributed by atoms with E-state index in [1.807, 2.05) is 0 Å². The lowest BCUT2D eigenvalue weighted by Gasteiger charge is -2.12. The molecule has 14 nitrogen and oxygen atoms in total. The van der Waals surface area contributed by atoms with Gasteiger partial charge in [-0.25, -0.2) is 14.4 Å². The monoisotopic (exact) mass is 490 g/mol. The number of hydrogen-bond donors (Lipinski definition) is 4. The maximum atomic E-state index is 13.7. The first-order valence-corrected chi connectivity index (χ1v) is 9.37. The van der Waals surface area contributed by atoms with Crippen LogP contribution in [0.15, 0.2) is 48.8 Å². The Kier molecular flexibility index (Phi) is 7.07. The van der Waals surface area contributed by atoms with Gasteiger partial charge in [0.05, 0.1) is 15.4 Å². The molecule has 0 radical (unpaired) electrons. The number of amides is 2. The summed E-state index contributed by atoms with van der Waals surface area (Å²) in [6.45, 7) is 0. The summed E-state index contributed by atoms with van der Waals surface area (Å²) in [4.78, 5) is 52.6. The van der Waals surface area contributed by atoms with E-state index in [0.717, 1.165) is 24.5 Å². The number of carbonyl (C=O) groups is 2. The molecule has 0 fully saturated rings. The average Bonchev–Trinajstić information content (AvgIpc) is 2.81. The smallest absolute Gasteiger partial charge is 0.276 e. The van der Waals surface area contributed by atoms with Gasteiger partial charge in [-0.3, -0.25) is 51.5 Å². The Balaban J connectivity index is 1.76. The first-order valence-electron chi connectivity index (χ1n) is 8.99. The molecule has 0 aliphatic heterocycles. The summed E-state index contributed by atoms with van der Waals surface area (Å²) in [6, 6.07) is 8.31. The molecule has 0 aliphatic carbocycles. The topological polar surface area (TPSA) is 194 Å². The predicted octanol–water partition coefficient (Wildman–Crippen LogP) is 2.60. The van der Waals surface area contributed by atoms with Crippen LogP contribution in [0.2, 0.25) is 5.02 Å². The summed E-state index contributed by atoms with van der Waals surface area (Å²) in [5.41, 5.74) is 6.82. The highest BCUT2D eigenvalue weighted by Gasteiger charge is 2.25. The molecule has 174 valence electrons. The molecule has 0 saturated carbocycles. The van der Waals surface area contributed by atoms with Gasteiger partial charge in [0.25, 0.3) is 17.5 Å². The van der Waals surface area contributed by atoms with E-state index in [9.17, 15) is 34.2 Å². The number of benzene rings is 2. The fourth-order valence-electron chi connectivity index (χ4n) is 2.55. The first-order chi connectivity index (χ1) is 16.2. The van der Waals surface area contributed by atoms with Crippen LogP contribution in [0.3, 0.4) is 0 Å². The van der Waals surface area contributed by atoms with Crippen LogP contribution < -0.4 is 21.7 Å². The molecule has 3 aromatic rings. The number of rotatable bonds is 8. The van der Waals surface area contributed by atoms with Crippen LogP contribution in [0, 0.1) is 26.0 Å². The third-order valence-electron chi connectivity index (χ3n) is 4.12. The van der Waals surface area contributed by atoms with Crippen LogP contribution in [0.1, 0.15) is 20.7 Å². The fraction of sp³-hybridized carbons (Fsp3) is 0. The van der Waals surface area contributed by atoms with Crippen molar-refractivity contribution in [3.63, 3.8) is 0 Å². The van der Waals surface area contributed by atoms with Crippen molar-refractivity contribution < 1.29 is 23.8 Å². The molecule has 0 aliphatic rings. The SMILES string of the molecule is O=C(NNc1ncnc(NNC(=O)c2ccccc2F)c1[N+](=O)[O-])c1ccc(Cl)c([N+](=O)[O-])c1. The van der Waals surface area contributed by atoms with Gasteiger partial charge in [0.1, 0.15) is 17.2 Å². The second kappa shape index (κ2) is 10.1. The van der Waals surface area contributed by atoms with E-state index in [0.29, 0.717) is 0 Å². The number of nitrogens with zero attached hydrogens (tertiary/aromatic N) is 4. The van der Waals surface area contributed by atoms with Crippen LogP contribution in [-0.2, 0) is 0 Å². The van der Waals surface area contributed by atoms with Crippen molar-refractivity contribution in [3.05, 3.63) is 91.0 Å². The number of nitrogens with one attached hydrogen (secondary N) is 4. The van der Waals surface area contributed by atoms with Crippen LogP contribution in [0.5, 0.6) is 0 Å². The molecule has 1 heterocycles. The van der Waals surface area contributed by atoms with Gasteiger partial charge < -0.3 is 0 Å². The van der Waals surface area contributed by atoms with Crippen LogP contribution in [-0.4, -0.2) is 31.6 Å². The van der Waals surface area contributed by atoms with Crippen molar-refractivity contribution >= 4 is 46.4 Å². The number of hydrogen-bond acceptors (Lipinski definition) is 10. The molecular weight excluding hydrogens is 479 g/mol. The highest BCUT2D eigenvalue weighted by molar-refractivity contribution is 6.32. The molecule has 0 unspecified atom stereocenters. The maximum Gasteiger partial charge on any atom is 0.356 e. The number of nitro groups is 2. The van der Waals surface area contributed by atoms with E-state index < -0.39 is 50.5 Å². The Morgan fingerprint density at radius 3 is 2.12 bits per heavy atom. The van der Waals surface area contributed by atoms with Gasteiger partial charge in [-0.05, 0) is 24.3 Å². The molecule has 1 aromatic heterocycles. The zero-order valence-corrected chi connectivity index (χ0v) is 17.4. The van der Waals surface area contributed by atoms with Crippen molar-refractivity contribution in [1.29, 1.82) is 0 Å². The molecule has 0 spiro atoms. The Bertz CT molecular complexity index is 1310. The van der Waals surface area contributed by atoms with E-state index >= 15 is 0 Å². The van der Waals surface area contributed by atoms with E-state index in [4.69, 9.17) is 11.6 Å². The number of carbonyl (C=O) groups excluding carboxylic acids is 2. The van der Waals surface area contributed by atoms with Crippen molar-refractivity contribution in [2.24, 2.45) is 0 Å². The second-order valence-electron chi connectivity index (χ2n) is 6.24. The molecule has 4 N–H and O–H groups in total. The summed E-state index contributed by atoms with van der Waals surface area (Å²) in [5.74, 6) is -3.61. The number of anilines is 2. The Hall–Kier alpha value is -4.92. The molecule has 0 atom stereocenters. The van der Waals surface area contributed by atoms with Crippen LogP contribution >= 0.6 is 11.6 Å². The molecule has 2 amide bonds. The standard InChI is InChI=1S/C18H12ClFN8O6/c19-11-6-5-9(7-13(11)27(31)32)17(29)25-23-15-14(28(33)34)16(22-8-21-15)24-26-18(30)10-3-1-2-4-12(10)20/h1-8H,(H,25,29)(H,26,30)(H2,21,22,23,24). The second-order valence-corrected chi connectivity index (χ2v) is 6.65. The molecule has 16 heteroatoms. The molecule has 3 rings (SSSR count). The van der Waals surface area contributed by atoms with Gasteiger partial charge in [0.15, 0.2) is 0 Å². The zero-order chi connectivity index (χ0) is 24.8. The summed E-state index contributed by atoms with van der Waals surface area (Å²) < 4.78 is 13.7. The normalized spacial score (nSPS) is 10.2. The Labute approximate surface area is 193 Å². The van der Waals surface area contributed by atoms with Crippen molar-refractivity contribution in [3.8, 4) is 0 Å². The lowest BCUT2D eigenvalue weighted by Crippen LogP contribution is -2.32. The van der Waals surface area contributed by atoms with Gasteiger partial charge in [0, 0.05) is 11.6 Å². The van der Waals surface area contributed by atoms with E-state index in [-0.39, 0.29) is 16.1 Å². The minimum absolute atomic E-state index is 0.171. The van der Waals surface area contributed by atoms with Crippen molar-refractivity contribution in [2.45, 2.75) is 0 Å². The van der Waals surface area contributed by atoms with E-state index in [1.54, 1.807) is 0 Å². The van der Waals surface area contributed by atoms with Crippen LogP contribution in [0.4, 0.5) is 27.4 Å². The average molecular weight is 491 g/mol. The van der Waals surface area contributed by atoms with Crippen molar-refractivity contribution in [1.82, 2.24) is 20.8 Å². The third kappa shape index (κ3) is 5.28. The van der Waals surface area contributed by atoms with Gasteiger partial charge in [-0.1, -0.05) is 23.7 Å². The number of nitro benzene ring substituents is 1. The van der Waals surface area contributed by atoms with Gasteiger partial charge in [-0.2, -0.15) is 0 Å². The van der Waals surface area contributed by atoms with Gasteiger partial charge >= 0.3 is 5.69 Å². The minimum Gasteiger partial charge on any atom is -0.276 e. The number of aromatic nitrogens is 2. The molecule has 2 aromatic carbocycles. The highest BCUT2D eigenvalue weighted by Crippen LogP contribution is 2.28.